The SMILES string of the molecule is CCCn1c(CN2CCOCC2)nc2cc(NC(=O)COc3cc(C)ccc3C(C)C)ccc21. The van der Waals surface area contributed by atoms with E-state index in [2.05, 4.69) is 53.8 Å². The zero-order valence-electron chi connectivity index (χ0n) is 20.8. The van der Waals surface area contributed by atoms with Crippen LogP contribution in [0.3, 0.4) is 0 Å². The van der Waals surface area contributed by atoms with Crippen LogP contribution in [0.15, 0.2) is 36.4 Å². The summed E-state index contributed by atoms with van der Waals surface area (Å²) < 4.78 is 13.7. The second-order valence-electron chi connectivity index (χ2n) is 9.30. The van der Waals surface area contributed by atoms with Gasteiger partial charge in [-0.25, -0.2) is 4.98 Å². The van der Waals surface area contributed by atoms with Gasteiger partial charge in [0.25, 0.3) is 5.91 Å². The Kier molecular flexibility index (Phi) is 7.85. The van der Waals surface area contributed by atoms with Crippen LogP contribution in [0.1, 0.15) is 50.1 Å². The second kappa shape index (κ2) is 11.0. The minimum atomic E-state index is -0.183. The van der Waals surface area contributed by atoms with E-state index in [1.54, 1.807) is 0 Å². The molecule has 1 amide bonds. The van der Waals surface area contributed by atoms with Crippen molar-refractivity contribution in [2.75, 3.05) is 38.2 Å². The third kappa shape index (κ3) is 5.77. The smallest absolute Gasteiger partial charge is 0.262 e. The Bertz CT molecular complexity index is 1130. The standard InChI is InChI=1S/C27H36N4O3/c1-5-10-31-24-9-7-21(16-23(24)29-26(31)17-30-11-13-33-14-12-30)28-27(32)18-34-25-15-20(4)6-8-22(25)19(2)3/h6-9,15-16,19H,5,10-14,17-18H2,1-4H3,(H,28,32). The number of carbonyl (C=O) groups excluding carboxylic acids is 1. The van der Waals surface area contributed by atoms with Crippen LogP contribution in [-0.4, -0.2) is 53.3 Å². The highest BCUT2D eigenvalue weighted by atomic mass is 16.5. The molecule has 34 heavy (non-hydrogen) atoms. The highest BCUT2D eigenvalue weighted by Gasteiger charge is 2.17. The molecule has 1 fully saturated rings. The molecule has 7 heteroatoms. The van der Waals surface area contributed by atoms with Crippen LogP contribution >= 0.6 is 0 Å². The van der Waals surface area contributed by atoms with Crippen LogP contribution in [0, 0.1) is 6.92 Å². The van der Waals surface area contributed by atoms with Gasteiger partial charge in [-0.1, -0.05) is 32.9 Å². The molecule has 1 aromatic heterocycles. The fourth-order valence-corrected chi connectivity index (χ4v) is 4.39. The Morgan fingerprint density at radius 1 is 1.18 bits per heavy atom. The number of ether oxygens (including phenoxy) is 2. The van der Waals surface area contributed by atoms with E-state index in [0.717, 1.165) is 85.2 Å². The number of rotatable bonds is 9. The van der Waals surface area contributed by atoms with Gasteiger partial charge in [-0.3, -0.25) is 9.69 Å². The first-order chi connectivity index (χ1) is 16.4. The lowest BCUT2D eigenvalue weighted by Crippen LogP contribution is -2.36. The fraction of sp³-hybridized carbons (Fsp3) is 0.481. The average molecular weight is 465 g/mol. The quantitative estimate of drug-likeness (QED) is 0.496. The minimum absolute atomic E-state index is 0.0340. The molecule has 0 aliphatic carbocycles. The molecule has 1 aliphatic heterocycles. The number of benzene rings is 2. The van der Waals surface area contributed by atoms with Gasteiger partial charge < -0.3 is 19.4 Å². The van der Waals surface area contributed by atoms with Gasteiger partial charge in [0.05, 0.1) is 30.8 Å². The molecule has 0 saturated carbocycles. The molecule has 1 aliphatic rings. The molecule has 3 aromatic rings. The summed E-state index contributed by atoms with van der Waals surface area (Å²) in [6, 6.07) is 12.1. The first-order valence-corrected chi connectivity index (χ1v) is 12.3. The third-order valence-corrected chi connectivity index (χ3v) is 6.18. The van der Waals surface area contributed by atoms with E-state index in [1.807, 2.05) is 25.1 Å². The molecular weight excluding hydrogens is 428 g/mol. The zero-order chi connectivity index (χ0) is 24.1. The molecule has 0 spiro atoms. The largest absolute Gasteiger partial charge is 0.483 e. The van der Waals surface area contributed by atoms with Crippen molar-refractivity contribution in [3.05, 3.63) is 53.3 Å². The maximum absolute atomic E-state index is 12.6. The van der Waals surface area contributed by atoms with E-state index in [1.165, 1.54) is 0 Å². The normalized spacial score (nSPS) is 14.6. The predicted octanol–water partition coefficient (Wildman–Crippen LogP) is 4.73. The summed E-state index contributed by atoms with van der Waals surface area (Å²) in [6.45, 7) is 13.5. The number of nitrogens with one attached hydrogen (secondary N) is 1. The van der Waals surface area contributed by atoms with E-state index in [4.69, 9.17) is 14.5 Å². The highest BCUT2D eigenvalue weighted by molar-refractivity contribution is 5.94. The number of nitrogens with zero attached hydrogens (tertiary/aromatic N) is 3. The van der Waals surface area contributed by atoms with Gasteiger partial charge in [-0.05, 0) is 54.7 Å². The van der Waals surface area contributed by atoms with Crippen molar-refractivity contribution in [2.24, 2.45) is 0 Å². The molecule has 0 radical (unpaired) electrons. The lowest BCUT2D eigenvalue weighted by Gasteiger charge is -2.26. The molecule has 2 heterocycles. The number of morpholine rings is 1. The molecule has 4 rings (SSSR count). The topological polar surface area (TPSA) is 68.6 Å². The Morgan fingerprint density at radius 3 is 2.71 bits per heavy atom. The van der Waals surface area contributed by atoms with E-state index in [-0.39, 0.29) is 12.5 Å². The summed E-state index contributed by atoms with van der Waals surface area (Å²) in [5, 5.41) is 2.97. The highest BCUT2D eigenvalue weighted by Crippen LogP contribution is 2.27. The van der Waals surface area contributed by atoms with Crippen molar-refractivity contribution >= 4 is 22.6 Å². The number of anilines is 1. The molecule has 1 N–H and O–H groups in total. The fourth-order valence-electron chi connectivity index (χ4n) is 4.39. The Balaban J connectivity index is 1.46. The molecule has 1 saturated heterocycles. The van der Waals surface area contributed by atoms with Crippen LogP contribution in [-0.2, 0) is 22.6 Å². The van der Waals surface area contributed by atoms with Crippen molar-refractivity contribution in [1.29, 1.82) is 0 Å². The Labute approximate surface area is 202 Å². The number of imidazole rings is 1. The molecule has 0 bridgehead atoms. The summed E-state index contributed by atoms with van der Waals surface area (Å²) in [7, 11) is 0. The molecule has 7 nitrogen and oxygen atoms in total. The van der Waals surface area contributed by atoms with E-state index < -0.39 is 0 Å². The Morgan fingerprint density at radius 2 is 1.97 bits per heavy atom. The molecule has 2 aromatic carbocycles. The number of fused-ring (bicyclic) bond motifs is 1. The van der Waals surface area contributed by atoms with E-state index >= 15 is 0 Å². The summed E-state index contributed by atoms with van der Waals surface area (Å²) >= 11 is 0. The number of aryl methyl sites for hydroxylation is 2. The van der Waals surface area contributed by atoms with Crippen molar-refractivity contribution in [3.63, 3.8) is 0 Å². The number of carbonyl (C=O) groups is 1. The van der Waals surface area contributed by atoms with Crippen LogP contribution in [0.2, 0.25) is 0 Å². The van der Waals surface area contributed by atoms with Crippen molar-refractivity contribution in [1.82, 2.24) is 14.5 Å². The molecule has 182 valence electrons. The van der Waals surface area contributed by atoms with Crippen molar-refractivity contribution in [2.45, 2.75) is 53.1 Å². The van der Waals surface area contributed by atoms with Crippen LogP contribution < -0.4 is 10.1 Å². The maximum atomic E-state index is 12.6. The second-order valence-corrected chi connectivity index (χ2v) is 9.30. The summed E-state index contributed by atoms with van der Waals surface area (Å²) in [6.07, 6.45) is 1.04. The Hall–Kier alpha value is -2.90. The number of hydrogen-bond acceptors (Lipinski definition) is 5. The summed E-state index contributed by atoms with van der Waals surface area (Å²) in [4.78, 5) is 20.0. The van der Waals surface area contributed by atoms with E-state index in [9.17, 15) is 4.79 Å². The molecule has 0 unspecified atom stereocenters. The summed E-state index contributed by atoms with van der Waals surface area (Å²) in [5.74, 6) is 1.97. The average Bonchev–Trinajstić information content (AvgIpc) is 3.14. The van der Waals surface area contributed by atoms with Crippen LogP contribution in [0.5, 0.6) is 5.75 Å². The maximum Gasteiger partial charge on any atom is 0.262 e. The van der Waals surface area contributed by atoms with Crippen molar-refractivity contribution < 1.29 is 14.3 Å². The third-order valence-electron chi connectivity index (χ3n) is 6.18. The first-order valence-electron chi connectivity index (χ1n) is 12.3. The van der Waals surface area contributed by atoms with Gasteiger partial charge in [0.1, 0.15) is 11.6 Å². The van der Waals surface area contributed by atoms with Gasteiger partial charge in [-0.2, -0.15) is 0 Å². The minimum Gasteiger partial charge on any atom is -0.483 e. The molecule has 0 atom stereocenters. The lowest BCUT2D eigenvalue weighted by molar-refractivity contribution is -0.118. The van der Waals surface area contributed by atoms with Crippen LogP contribution in [0.25, 0.3) is 11.0 Å². The van der Waals surface area contributed by atoms with Crippen LogP contribution in [0.4, 0.5) is 5.69 Å². The van der Waals surface area contributed by atoms with Gasteiger partial charge in [0.2, 0.25) is 0 Å². The molecular formula is C27H36N4O3. The van der Waals surface area contributed by atoms with E-state index in [0.29, 0.717) is 5.92 Å². The summed E-state index contributed by atoms with van der Waals surface area (Å²) in [5.41, 5.74) is 4.94. The first kappa shape index (κ1) is 24.2. The van der Waals surface area contributed by atoms with Gasteiger partial charge in [0, 0.05) is 25.3 Å². The van der Waals surface area contributed by atoms with Gasteiger partial charge in [-0.15, -0.1) is 0 Å². The number of hydrogen-bond donors (Lipinski definition) is 1. The lowest BCUT2D eigenvalue weighted by atomic mass is 10.0. The number of aromatic nitrogens is 2. The number of amides is 1. The zero-order valence-corrected chi connectivity index (χ0v) is 20.8. The monoisotopic (exact) mass is 464 g/mol. The van der Waals surface area contributed by atoms with Gasteiger partial charge >= 0.3 is 0 Å². The predicted molar refractivity (Wildman–Crippen MR) is 136 cm³/mol. The van der Waals surface area contributed by atoms with Gasteiger partial charge in [0.15, 0.2) is 6.61 Å². The van der Waals surface area contributed by atoms with Crippen molar-refractivity contribution in [3.8, 4) is 5.75 Å².